The smallest absolute Gasteiger partial charge is 0.238 e. The van der Waals surface area contributed by atoms with Gasteiger partial charge in [0.05, 0.1) is 11.9 Å². The van der Waals surface area contributed by atoms with Gasteiger partial charge in [0.25, 0.3) is 0 Å². The molecule has 1 aromatic carbocycles. The second kappa shape index (κ2) is 8.53. The number of carbonyl (C=O) groups excluding carboxylic acids is 1. The van der Waals surface area contributed by atoms with E-state index < -0.39 is 0 Å². The Labute approximate surface area is 146 Å². The first-order valence-electron chi connectivity index (χ1n) is 8.43. The highest BCUT2D eigenvalue weighted by Crippen LogP contribution is 2.18. The summed E-state index contributed by atoms with van der Waals surface area (Å²) in [5.41, 5.74) is 0.740. The molecule has 6 nitrogen and oxygen atoms in total. The summed E-state index contributed by atoms with van der Waals surface area (Å²) >= 11 is 0. The first-order valence-corrected chi connectivity index (χ1v) is 8.43. The Morgan fingerprint density at radius 1 is 1.20 bits per heavy atom. The predicted octanol–water partition coefficient (Wildman–Crippen LogP) is 2.51. The van der Waals surface area contributed by atoms with Crippen LogP contribution in [0.15, 0.2) is 36.7 Å². The van der Waals surface area contributed by atoms with Crippen molar-refractivity contribution in [3.05, 3.63) is 48.2 Å². The SMILES string of the molecule is O=C1CCCCN1CCNCc1cncc(Oc2ccc(F)cc2)n1. The third-order valence-electron chi connectivity index (χ3n) is 3.98. The number of hydrogen-bond acceptors (Lipinski definition) is 5. The Morgan fingerprint density at radius 2 is 2.04 bits per heavy atom. The maximum atomic E-state index is 12.9. The van der Waals surface area contributed by atoms with E-state index in [1.165, 1.54) is 30.5 Å². The van der Waals surface area contributed by atoms with Crippen LogP contribution in [-0.4, -0.2) is 40.4 Å². The highest BCUT2D eigenvalue weighted by Gasteiger charge is 2.16. The zero-order valence-electron chi connectivity index (χ0n) is 13.9. The molecule has 7 heteroatoms. The topological polar surface area (TPSA) is 67.4 Å². The molecule has 0 radical (unpaired) electrons. The molecule has 1 aromatic heterocycles. The van der Waals surface area contributed by atoms with E-state index in [2.05, 4.69) is 15.3 Å². The van der Waals surface area contributed by atoms with Gasteiger partial charge in [-0.05, 0) is 37.1 Å². The number of halogens is 1. The molecule has 2 heterocycles. The van der Waals surface area contributed by atoms with E-state index in [1.54, 1.807) is 6.20 Å². The van der Waals surface area contributed by atoms with Crippen LogP contribution >= 0.6 is 0 Å². The van der Waals surface area contributed by atoms with Crippen LogP contribution in [0.4, 0.5) is 4.39 Å². The van der Waals surface area contributed by atoms with Gasteiger partial charge in [-0.3, -0.25) is 9.78 Å². The van der Waals surface area contributed by atoms with Gasteiger partial charge in [0, 0.05) is 38.8 Å². The van der Waals surface area contributed by atoms with Crippen molar-refractivity contribution in [1.29, 1.82) is 0 Å². The highest BCUT2D eigenvalue weighted by atomic mass is 19.1. The number of piperidine rings is 1. The number of nitrogens with zero attached hydrogens (tertiary/aromatic N) is 3. The van der Waals surface area contributed by atoms with Crippen LogP contribution in [0.1, 0.15) is 25.0 Å². The average molecular weight is 344 g/mol. The second-order valence-corrected chi connectivity index (χ2v) is 5.92. The van der Waals surface area contributed by atoms with Crippen LogP contribution in [-0.2, 0) is 11.3 Å². The first-order chi connectivity index (χ1) is 12.2. The minimum Gasteiger partial charge on any atom is -0.437 e. The van der Waals surface area contributed by atoms with Crippen molar-refractivity contribution in [1.82, 2.24) is 20.2 Å². The third-order valence-corrected chi connectivity index (χ3v) is 3.98. The summed E-state index contributed by atoms with van der Waals surface area (Å²) in [7, 11) is 0. The van der Waals surface area contributed by atoms with Crippen LogP contribution in [0.3, 0.4) is 0 Å². The number of rotatable bonds is 7. The van der Waals surface area contributed by atoms with Gasteiger partial charge in [0.2, 0.25) is 11.8 Å². The van der Waals surface area contributed by atoms with E-state index in [0.717, 1.165) is 25.1 Å². The van der Waals surface area contributed by atoms with Crippen LogP contribution < -0.4 is 10.1 Å². The van der Waals surface area contributed by atoms with Gasteiger partial charge < -0.3 is 15.0 Å². The van der Waals surface area contributed by atoms with Crippen molar-refractivity contribution in [2.45, 2.75) is 25.8 Å². The minimum atomic E-state index is -0.316. The predicted molar refractivity (Wildman–Crippen MR) is 90.6 cm³/mol. The summed E-state index contributed by atoms with van der Waals surface area (Å²) in [5.74, 6) is 0.785. The number of amides is 1. The molecule has 1 fully saturated rings. The summed E-state index contributed by atoms with van der Waals surface area (Å²) < 4.78 is 18.5. The molecule has 132 valence electrons. The molecular formula is C18H21FN4O2. The average Bonchev–Trinajstić information content (AvgIpc) is 2.62. The van der Waals surface area contributed by atoms with Gasteiger partial charge >= 0.3 is 0 Å². The number of ether oxygens (including phenoxy) is 1. The molecule has 0 bridgehead atoms. The molecule has 25 heavy (non-hydrogen) atoms. The van der Waals surface area contributed by atoms with E-state index in [1.807, 2.05) is 4.90 Å². The van der Waals surface area contributed by atoms with Gasteiger partial charge in [0.1, 0.15) is 11.6 Å². The molecule has 0 aliphatic carbocycles. The minimum absolute atomic E-state index is 0.238. The van der Waals surface area contributed by atoms with Crippen molar-refractivity contribution in [3.8, 4) is 11.6 Å². The third kappa shape index (κ3) is 5.22. The van der Waals surface area contributed by atoms with Crippen molar-refractivity contribution < 1.29 is 13.9 Å². The Balaban J connectivity index is 1.46. The van der Waals surface area contributed by atoms with Crippen LogP contribution in [0.25, 0.3) is 0 Å². The molecule has 0 spiro atoms. The first kappa shape index (κ1) is 17.3. The van der Waals surface area contributed by atoms with Gasteiger partial charge in [0.15, 0.2) is 0 Å². The van der Waals surface area contributed by atoms with Gasteiger partial charge in [-0.2, -0.15) is 0 Å². The molecule has 1 amide bonds. The van der Waals surface area contributed by atoms with Crippen molar-refractivity contribution in [2.75, 3.05) is 19.6 Å². The number of likely N-dealkylation sites (tertiary alicyclic amines) is 1. The molecule has 0 atom stereocenters. The van der Waals surface area contributed by atoms with Crippen molar-refractivity contribution in [3.63, 3.8) is 0 Å². The quantitative estimate of drug-likeness (QED) is 0.782. The summed E-state index contributed by atoms with van der Waals surface area (Å²) in [6.07, 6.45) is 5.92. The Morgan fingerprint density at radius 3 is 2.84 bits per heavy atom. The van der Waals surface area contributed by atoms with E-state index in [0.29, 0.717) is 37.7 Å². The van der Waals surface area contributed by atoms with Gasteiger partial charge in [-0.25, -0.2) is 9.37 Å². The number of benzene rings is 1. The molecule has 1 saturated heterocycles. The van der Waals surface area contributed by atoms with E-state index in [4.69, 9.17) is 4.74 Å². The molecule has 1 N–H and O–H groups in total. The zero-order valence-corrected chi connectivity index (χ0v) is 13.9. The molecule has 1 aliphatic heterocycles. The molecular weight excluding hydrogens is 323 g/mol. The van der Waals surface area contributed by atoms with Gasteiger partial charge in [-0.15, -0.1) is 0 Å². The maximum absolute atomic E-state index is 12.9. The highest BCUT2D eigenvalue weighted by molar-refractivity contribution is 5.76. The lowest BCUT2D eigenvalue weighted by Gasteiger charge is -2.26. The fourth-order valence-electron chi connectivity index (χ4n) is 2.67. The van der Waals surface area contributed by atoms with E-state index >= 15 is 0 Å². The fraction of sp³-hybridized carbons (Fsp3) is 0.389. The lowest BCUT2D eigenvalue weighted by molar-refractivity contribution is -0.133. The summed E-state index contributed by atoms with van der Waals surface area (Å²) in [4.78, 5) is 22.1. The number of carbonyl (C=O) groups is 1. The summed E-state index contributed by atoms with van der Waals surface area (Å²) in [6, 6.07) is 5.74. The Kier molecular flexibility index (Phi) is 5.90. The largest absolute Gasteiger partial charge is 0.437 e. The van der Waals surface area contributed by atoms with Crippen LogP contribution in [0, 0.1) is 5.82 Å². The zero-order chi connectivity index (χ0) is 17.5. The second-order valence-electron chi connectivity index (χ2n) is 5.92. The lowest BCUT2D eigenvalue weighted by atomic mass is 10.1. The van der Waals surface area contributed by atoms with Crippen molar-refractivity contribution >= 4 is 5.91 Å². The molecule has 2 aromatic rings. The molecule has 0 unspecified atom stereocenters. The van der Waals surface area contributed by atoms with E-state index in [-0.39, 0.29) is 11.7 Å². The summed E-state index contributed by atoms with van der Waals surface area (Å²) in [5, 5.41) is 3.27. The maximum Gasteiger partial charge on any atom is 0.238 e. The Hall–Kier alpha value is -2.54. The monoisotopic (exact) mass is 344 g/mol. The van der Waals surface area contributed by atoms with Crippen molar-refractivity contribution in [2.24, 2.45) is 0 Å². The molecule has 3 rings (SSSR count). The van der Waals surface area contributed by atoms with Crippen LogP contribution in [0.2, 0.25) is 0 Å². The van der Waals surface area contributed by atoms with Crippen LogP contribution in [0.5, 0.6) is 11.6 Å². The fourth-order valence-corrected chi connectivity index (χ4v) is 2.67. The number of hydrogen-bond donors (Lipinski definition) is 1. The molecule has 0 saturated carbocycles. The van der Waals surface area contributed by atoms with E-state index in [9.17, 15) is 9.18 Å². The van der Waals surface area contributed by atoms with Gasteiger partial charge in [-0.1, -0.05) is 0 Å². The lowest BCUT2D eigenvalue weighted by Crippen LogP contribution is -2.39. The standard InChI is InChI=1S/C18H21FN4O2/c19-14-4-6-16(7-5-14)25-17-13-21-12-15(22-17)11-20-8-10-23-9-2-1-3-18(23)24/h4-7,12-13,20H,1-3,8-11H2. The summed E-state index contributed by atoms with van der Waals surface area (Å²) in [6.45, 7) is 2.80. The number of aromatic nitrogens is 2. The normalized spacial score (nSPS) is 14.6. The molecule has 1 aliphatic rings. The number of nitrogens with one attached hydrogen (secondary N) is 1. The Bertz CT molecular complexity index is 708.